The number of sulfone groups is 1. The van der Waals surface area contributed by atoms with Gasteiger partial charge in [0.15, 0.2) is 9.84 Å². The molecular weight excluding hydrogens is 418 g/mol. The summed E-state index contributed by atoms with van der Waals surface area (Å²) in [6, 6.07) is 8.17. The second kappa shape index (κ2) is 11.9. The Hall–Kier alpha value is -1.75. The van der Waals surface area contributed by atoms with Crippen molar-refractivity contribution in [1.82, 2.24) is 0 Å². The third-order valence-corrected chi connectivity index (χ3v) is 9.13. The van der Waals surface area contributed by atoms with E-state index in [1.165, 1.54) is 63.5 Å². The van der Waals surface area contributed by atoms with Crippen LogP contribution < -0.4 is 9.64 Å². The first kappa shape index (κ1) is 24.9. The van der Waals surface area contributed by atoms with E-state index in [0.717, 1.165) is 18.8 Å². The van der Waals surface area contributed by atoms with Gasteiger partial charge in [-0.15, -0.1) is 0 Å². The van der Waals surface area contributed by atoms with Crippen LogP contribution in [0.4, 0.5) is 5.69 Å². The molecule has 2 aliphatic rings. The second-order valence-corrected chi connectivity index (χ2v) is 11.9. The maximum absolute atomic E-state index is 12.9. The largest absolute Gasteiger partial charge is 0.462 e. The molecule has 0 spiro atoms. The summed E-state index contributed by atoms with van der Waals surface area (Å²) >= 11 is 0. The van der Waals surface area contributed by atoms with Crippen LogP contribution in [0.3, 0.4) is 0 Å². The quantitative estimate of drug-likeness (QED) is 0.241. The Bertz CT molecular complexity index is 889. The van der Waals surface area contributed by atoms with E-state index in [1.807, 2.05) is 19.1 Å². The highest BCUT2D eigenvalue weighted by Crippen LogP contribution is 2.31. The second-order valence-electron chi connectivity index (χ2n) is 9.71. The minimum Gasteiger partial charge on any atom is -0.462 e. The van der Waals surface area contributed by atoms with Crippen molar-refractivity contribution in [1.29, 1.82) is 0 Å². The number of nitrogens with zero attached hydrogens (tertiary/aromatic N) is 1. The van der Waals surface area contributed by atoms with Crippen LogP contribution in [0, 0.1) is 11.8 Å². The predicted octanol–water partition coefficient (Wildman–Crippen LogP) is 6.88. The first-order chi connectivity index (χ1) is 15.3. The first-order valence-electron chi connectivity index (χ1n) is 12.5. The van der Waals surface area contributed by atoms with E-state index >= 15 is 0 Å². The molecule has 0 amide bonds. The molecule has 1 unspecified atom stereocenters. The Kier molecular flexibility index (Phi) is 9.27. The van der Waals surface area contributed by atoms with E-state index < -0.39 is 9.84 Å². The van der Waals surface area contributed by atoms with Gasteiger partial charge in [0.2, 0.25) is 0 Å². The smallest absolute Gasteiger partial charge is 0.174 e. The van der Waals surface area contributed by atoms with Gasteiger partial charge in [0, 0.05) is 29.7 Å². The number of hydrogen-bond acceptors (Lipinski definition) is 4. The first-order valence-corrected chi connectivity index (χ1v) is 14.1. The molecule has 0 aromatic heterocycles. The Morgan fingerprint density at radius 3 is 2.38 bits per heavy atom. The molecule has 0 radical (unpaired) electrons. The van der Waals surface area contributed by atoms with Crippen molar-refractivity contribution in [3.63, 3.8) is 0 Å². The zero-order valence-electron chi connectivity index (χ0n) is 20.2. The number of piperidine rings is 1. The highest BCUT2D eigenvalue weighted by molar-refractivity contribution is 7.95. The van der Waals surface area contributed by atoms with Gasteiger partial charge >= 0.3 is 0 Å². The number of benzene rings is 1. The van der Waals surface area contributed by atoms with Crippen molar-refractivity contribution in [2.75, 3.05) is 23.7 Å². The minimum absolute atomic E-state index is 0.209. The zero-order valence-corrected chi connectivity index (χ0v) is 21.0. The maximum Gasteiger partial charge on any atom is 0.174 e. The SMILES string of the molecule is CC(=C/C=C(\C)S(=O)(=O)CC(C)C1CCCCCC1)Oc1cccc(N2CCCCC2)c1. The minimum atomic E-state index is -3.26. The molecule has 3 rings (SSSR count). The molecule has 32 heavy (non-hydrogen) atoms. The van der Waals surface area contributed by atoms with E-state index in [0.29, 0.717) is 16.6 Å². The molecule has 1 heterocycles. The van der Waals surface area contributed by atoms with Gasteiger partial charge in [-0.3, -0.25) is 0 Å². The average molecular weight is 460 g/mol. The van der Waals surface area contributed by atoms with Crippen LogP contribution in [0.5, 0.6) is 5.75 Å². The lowest BCUT2D eigenvalue weighted by Crippen LogP contribution is -2.29. The highest BCUT2D eigenvalue weighted by Gasteiger charge is 2.25. The van der Waals surface area contributed by atoms with Crippen molar-refractivity contribution in [2.45, 2.75) is 78.6 Å². The maximum atomic E-state index is 12.9. The lowest BCUT2D eigenvalue weighted by atomic mass is 9.89. The highest BCUT2D eigenvalue weighted by atomic mass is 32.2. The summed E-state index contributed by atoms with van der Waals surface area (Å²) in [6.45, 7) is 7.88. The molecule has 178 valence electrons. The van der Waals surface area contributed by atoms with Crippen LogP contribution in [0.2, 0.25) is 0 Å². The van der Waals surface area contributed by atoms with Gasteiger partial charge in [-0.25, -0.2) is 8.42 Å². The lowest BCUT2D eigenvalue weighted by molar-refractivity contribution is 0.343. The molecule has 1 saturated heterocycles. The van der Waals surface area contributed by atoms with Gasteiger partial charge in [0.25, 0.3) is 0 Å². The summed E-state index contributed by atoms with van der Waals surface area (Å²) in [5.74, 6) is 2.46. The predicted molar refractivity (Wildman–Crippen MR) is 135 cm³/mol. The average Bonchev–Trinajstić information content (AvgIpc) is 3.08. The molecule has 1 aliphatic carbocycles. The van der Waals surface area contributed by atoms with E-state index in [4.69, 9.17) is 4.74 Å². The van der Waals surface area contributed by atoms with Gasteiger partial charge in [-0.1, -0.05) is 51.5 Å². The lowest BCUT2D eigenvalue weighted by Gasteiger charge is -2.29. The Labute approximate surface area is 195 Å². The molecule has 0 bridgehead atoms. The van der Waals surface area contributed by atoms with Crippen molar-refractivity contribution in [3.05, 3.63) is 47.1 Å². The number of anilines is 1. The van der Waals surface area contributed by atoms with Crippen LogP contribution in [-0.2, 0) is 9.84 Å². The Morgan fingerprint density at radius 2 is 1.69 bits per heavy atom. The van der Waals surface area contributed by atoms with E-state index in [1.54, 1.807) is 19.1 Å². The van der Waals surface area contributed by atoms with Crippen LogP contribution in [0.15, 0.2) is 47.1 Å². The summed E-state index contributed by atoms with van der Waals surface area (Å²) in [5, 5.41) is 0. The summed E-state index contributed by atoms with van der Waals surface area (Å²) < 4.78 is 31.8. The van der Waals surface area contributed by atoms with Gasteiger partial charge in [0.05, 0.1) is 5.75 Å². The van der Waals surface area contributed by atoms with Crippen molar-refractivity contribution < 1.29 is 13.2 Å². The van der Waals surface area contributed by atoms with Gasteiger partial charge < -0.3 is 9.64 Å². The molecule has 1 aliphatic heterocycles. The van der Waals surface area contributed by atoms with E-state index in [9.17, 15) is 8.42 Å². The topological polar surface area (TPSA) is 46.6 Å². The van der Waals surface area contributed by atoms with Crippen molar-refractivity contribution in [2.24, 2.45) is 11.8 Å². The van der Waals surface area contributed by atoms with Crippen LogP contribution in [-0.4, -0.2) is 27.3 Å². The summed E-state index contributed by atoms with van der Waals surface area (Å²) in [4.78, 5) is 2.82. The molecule has 2 fully saturated rings. The number of ether oxygens (including phenoxy) is 1. The number of rotatable bonds is 8. The number of hydrogen-bond donors (Lipinski definition) is 0. The molecule has 5 heteroatoms. The van der Waals surface area contributed by atoms with E-state index in [-0.39, 0.29) is 11.7 Å². The molecular formula is C27H41NO3S. The molecule has 1 aromatic rings. The summed E-state index contributed by atoms with van der Waals surface area (Å²) in [6.07, 6.45) is 14.7. The van der Waals surface area contributed by atoms with Gasteiger partial charge in [-0.05, 0) is 69.2 Å². The summed E-state index contributed by atoms with van der Waals surface area (Å²) in [5.41, 5.74) is 1.19. The molecule has 1 aromatic carbocycles. The summed E-state index contributed by atoms with van der Waals surface area (Å²) in [7, 11) is -3.26. The Morgan fingerprint density at radius 1 is 1.03 bits per heavy atom. The van der Waals surface area contributed by atoms with Gasteiger partial charge in [-0.2, -0.15) is 0 Å². The third-order valence-electron chi connectivity index (χ3n) is 7.05. The molecule has 0 N–H and O–H groups in total. The van der Waals surface area contributed by atoms with Gasteiger partial charge in [0.1, 0.15) is 11.5 Å². The van der Waals surface area contributed by atoms with Crippen LogP contribution >= 0.6 is 0 Å². The van der Waals surface area contributed by atoms with Crippen LogP contribution in [0.1, 0.15) is 78.6 Å². The molecule has 1 atom stereocenters. The van der Waals surface area contributed by atoms with Crippen LogP contribution in [0.25, 0.3) is 0 Å². The van der Waals surface area contributed by atoms with Crippen molar-refractivity contribution >= 4 is 15.5 Å². The van der Waals surface area contributed by atoms with Crippen molar-refractivity contribution in [3.8, 4) is 5.75 Å². The molecule has 1 saturated carbocycles. The normalized spacial score (nSPS) is 20.7. The monoisotopic (exact) mass is 459 g/mol. The fourth-order valence-corrected chi connectivity index (χ4v) is 6.45. The number of allylic oxidation sites excluding steroid dienone is 4. The standard InChI is InChI=1S/C27H41NO3S/c1-22(25-12-7-4-5-8-13-25)21-32(29,30)24(3)17-16-23(2)31-27-15-11-14-26(20-27)28-18-9-6-10-19-28/h11,14-17,20,22,25H,4-10,12-13,18-19,21H2,1-3H3/b23-16?,24-17+. The van der Waals surface area contributed by atoms with E-state index in [2.05, 4.69) is 24.0 Å². The fourth-order valence-electron chi connectivity index (χ4n) is 4.95. The zero-order chi connectivity index (χ0) is 23.0. The molecule has 4 nitrogen and oxygen atoms in total. The Balaban J connectivity index is 1.60. The fraction of sp³-hybridized carbons (Fsp3) is 0.630. The third kappa shape index (κ3) is 7.40.